The molecule has 1 unspecified atom stereocenters. The minimum Gasteiger partial charge on any atom is -0.367 e. The second-order valence-corrected chi connectivity index (χ2v) is 2.96. The molecule has 4 nitrogen and oxygen atoms in total. The van der Waals surface area contributed by atoms with Crippen molar-refractivity contribution in [1.29, 1.82) is 0 Å². The van der Waals surface area contributed by atoms with Gasteiger partial charge in [0.25, 0.3) is 0 Å². The Bertz CT molecular complexity index is 390. The van der Waals surface area contributed by atoms with Crippen LogP contribution in [0.4, 0.5) is 5.69 Å². The molecule has 4 heteroatoms. The quantitative estimate of drug-likeness (QED) is 0.690. The Morgan fingerprint density at radius 3 is 2.93 bits per heavy atom. The Kier molecular flexibility index (Phi) is 2.10. The molecule has 0 saturated carbocycles. The van der Waals surface area contributed by atoms with Crippen LogP contribution in [0.1, 0.15) is 5.56 Å². The number of carbonyl (C=O) groups excluding carboxylic acids is 1. The minimum atomic E-state index is -0.651. The highest BCUT2D eigenvalue weighted by molar-refractivity contribution is 6.02. The lowest BCUT2D eigenvalue weighted by atomic mass is 10.2. The normalized spacial score (nSPS) is 18.7. The van der Waals surface area contributed by atoms with E-state index >= 15 is 0 Å². The molecule has 1 aromatic carbocycles. The standard InChI is InChI=1S/C10H9N3O/c11-10(14)9-6-13-8-4-2-1-3-7(8)5-12-9/h1-6,9H,(H2,11,14). The van der Waals surface area contributed by atoms with Crippen LogP contribution >= 0.6 is 0 Å². The van der Waals surface area contributed by atoms with Crippen LogP contribution in [0.15, 0.2) is 34.3 Å². The van der Waals surface area contributed by atoms with Crippen LogP contribution in [0.25, 0.3) is 0 Å². The lowest BCUT2D eigenvalue weighted by Gasteiger charge is -1.96. The van der Waals surface area contributed by atoms with Gasteiger partial charge in [-0.3, -0.25) is 14.8 Å². The summed E-state index contributed by atoms with van der Waals surface area (Å²) in [5.41, 5.74) is 6.83. The van der Waals surface area contributed by atoms with Gasteiger partial charge in [-0.25, -0.2) is 0 Å². The lowest BCUT2D eigenvalue weighted by Crippen LogP contribution is -2.27. The fraction of sp³-hybridized carbons (Fsp3) is 0.100. The van der Waals surface area contributed by atoms with E-state index in [0.29, 0.717) is 0 Å². The third kappa shape index (κ3) is 1.54. The number of primary amides is 1. The molecular weight excluding hydrogens is 178 g/mol. The summed E-state index contributed by atoms with van der Waals surface area (Å²) in [7, 11) is 0. The summed E-state index contributed by atoms with van der Waals surface area (Å²) in [4.78, 5) is 19.0. The van der Waals surface area contributed by atoms with Crippen molar-refractivity contribution in [1.82, 2.24) is 0 Å². The molecule has 2 N–H and O–H groups in total. The summed E-state index contributed by atoms with van der Waals surface area (Å²) in [6.07, 6.45) is 3.09. The highest BCUT2D eigenvalue weighted by Crippen LogP contribution is 2.18. The van der Waals surface area contributed by atoms with Crippen molar-refractivity contribution in [3.63, 3.8) is 0 Å². The van der Waals surface area contributed by atoms with Crippen molar-refractivity contribution in [3.05, 3.63) is 29.8 Å². The topological polar surface area (TPSA) is 67.8 Å². The van der Waals surface area contributed by atoms with E-state index < -0.39 is 11.9 Å². The molecule has 0 spiro atoms. The van der Waals surface area contributed by atoms with Crippen LogP contribution < -0.4 is 5.73 Å². The molecule has 1 heterocycles. The number of fused-ring (bicyclic) bond motifs is 1. The van der Waals surface area contributed by atoms with E-state index in [-0.39, 0.29) is 0 Å². The Balaban J connectivity index is 2.42. The van der Waals surface area contributed by atoms with Gasteiger partial charge in [-0.05, 0) is 6.07 Å². The molecular formula is C10H9N3O. The van der Waals surface area contributed by atoms with Crippen molar-refractivity contribution in [3.8, 4) is 0 Å². The van der Waals surface area contributed by atoms with Crippen LogP contribution in [0.5, 0.6) is 0 Å². The number of rotatable bonds is 1. The van der Waals surface area contributed by atoms with Gasteiger partial charge >= 0.3 is 0 Å². The molecule has 1 aliphatic rings. The molecule has 0 bridgehead atoms. The van der Waals surface area contributed by atoms with Crippen molar-refractivity contribution in [2.24, 2.45) is 15.7 Å². The van der Waals surface area contributed by atoms with Crippen molar-refractivity contribution in [2.75, 3.05) is 0 Å². The number of para-hydroxylation sites is 1. The summed E-state index contributed by atoms with van der Waals surface area (Å²) in [6.45, 7) is 0. The average molecular weight is 187 g/mol. The van der Waals surface area contributed by atoms with Crippen LogP contribution in [-0.2, 0) is 4.79 Å². The number of nitrogens with zero attached hydrogens (tertiary/aromatic N) is 2. The molecule has 2 rings (SSSR count). The monoisotopic (exact) mass is 187 g/mol. The molecule has 0 fully saturated rings. The van der Waals surface area contributed by atoms with Gasteiger partial charge in [-0.15, -0.1) is 0 Å². The Morgan fingerprint density at radius 1 is 1.36 bits per heavy atom. The maximum atomic E-state index is 10.9. The molecule has 1 aromatic rings. The van der Waals surface area contributed by atoms with Gasteiger partial charge in [0.2, 0.25) is 5.91 Å². The van der Waals surface area contributed by atoms with E-state index in [1.807, 2.05) is 24.3 Å². The number of benzene rings is 1. The van der Waals surface area contributed by atoms with Crippen LogP contribution in [-0.4, -0.2) is 24.4 Å². The number of nitrogens with two attached hydrogens (primary N) is 1. The van der Waals surface area contributed by atoms with Crippen molar-refractivity contribution >= 4 is 24.0 Å². The molecule has 0 aliphatic carbocycles. The van der Waals surface area contributed by atoms with Crippen LogP contribution in [0, 0.1) is 0 Å². The highest BCUT2D eigenvalue weighted by atomic mass is 16.1. The van der Waals surface area contributed by atoms with Gasteiger partial charge in [0, 0.05) is 18.0 Å². The van der Waals surface area contributed by atoms with Crippen LogP contribution in [0.2, 0.25) is 0 Å². The number of aliphatic imine (C=N–C) groups is 2. The first-order valence-electron chi connectivity index (χ1n) is 4.23. The van der Waals surface area contributed by atoms with E-state index in [0.717, 1.165) is 11.3 Å². The molecule has 0 radical (unpaired) electrons. The fourth-order valence-corrected chi connectivity index (χ4v) is 1.21. The first-order chi connectivity index (χ1) is 6.77. The van der Waals surface area contributed by atoms with Gasteiger partial charge < -0.3 is 5.73 Å². The third-order valence-electron chi connectivity index (χ3n) is 1.96. The number of carbonyl (C=O) groups is 1. The Morgan fingerprint density at radius 2 is 2.14 bits per heavy atom. The predicted octanol–water partition coefficient (Wildman–Crippen LogP) is 0.675. The molecule has 1 amide bonds. The second-order valence-electron chi connectivity index (χ2n) is 2.96. The predicted molar refractivity (Wildman–Crippen MR) is 55.2 cm³/mol. The maximum absolute atomic E-state index is 10.9. The first kappa shape index (κ1) is 8.62. The van der Waals surface area contributed by atoms with Crippen molar-refractivity contribution in [2.45, 2.75) is 6.04 Å². The third-order valence-corrected chi connectivity index (χ3v) is 1.96. The Hall–Kier alpha value is -1.97. The molecule has 70 valence electrons. The molecule has 14 heavy (non-hydrogen) atoms. The van der Waals surface area contributed by atoms with E-state index in [9.17, 15) is 4.79 Å². The molecule has 1 atom stereocenters. The lowest BCUT2D eigenvalue weighted by molar-refractivity contribution is -0.117. The summed E-state index contributed by atoms with van der Waals surface area (Å²) in [5, 5.41) is 0. The molecule has 0 aromatic heterocycles. The van der Waals surface area contributed by atoms with Gasteiger partial charge in [-0.2, -0.15) is 0 Å². The van der Waals surface area contributed by atoms with E-state index in [1.54, 1.807) is 6.21 Å². The van der Waals surface area contributed by atoms with E-state index in [2.05, 4.69) is 9.98 Å². The summed E-state index contributed by atoms with van der Waals surface area (Å²) < 4.78 is 0. The average Bonchev–Trinajstić information content (AvgIpc) is 2.39. The van der Waals surface area contributed by atoms with Gasteiger partial charge in [0.15, 0.2) is 6.04 Å². The zero-order valence-electron chi connectivity index (χ0n) is 7.42. The first-order valence-corrected chi connectivity index (χ1v) is 4.23. The number of hydrogen-bond donors (Lipinski definition) is 1. The smallest absolute Gasteiger partial charge is 0.247 e. The Labute approximate surface area is 81.2 Å². The van der Waals surface area contributed by atoms with Crippen LogP contribution in [0.3, 0.4) is 0 Å². The zero-order chi connectivity index (χ0) is 9.97. The largest absolute Gasteiger partial charge is 0.367 e. The number of hydrogen-bond acceptors (Lipinski definition) is 3. The fourth-order valence-electron chi connectivity index (χ4n) is 1.21. The van der Waals surface area contributed by atoms with Gasteiger partial charge in [0.05, 0.1) is 5.69 Å². The highest BCUT2D eigenvalue weighted by Gasteiger charge is 2.12. The molecule has 0 saturated heterocycles. The van der Waals surface area contributed by atoms with Gasteiger partial charge in [0.1, 0.15) is 0 Å². The number of amides is 1. The SMILES string of the molecule is NC(=O)C1C=Nc2ccccc2C=N1. The molecule has 1 aliphatic heterocycles. The maximum Gasteiger partial charge on any atom is 0.247 e. The summed E-state index contributed by atoms with van der Waals surface area (Å²) in [5.74, 6) is -0.488. The zero-order valence-corrected chi connectivity index (χ0v) is 7.42. The summed E-state index contributed by atoms with van der Waals surface area (Å²) in [6, 6.07) is 6.88. The van der Waals surface area contributed by atoms with E-state index in [1.165, 1.54) is 6.21 Å². The van der Waals surface area contributed by atoms with Crippen molar-refractivity contribution < 1.29 is 4.79 Å². The van der Waals surface area contributed by atoms with Gasteiger partial charge in [-0.1, -0.05) is 18.2 Å². The second kappa shape index (κ2) is 3.41. The minimum absolute atomic E-state index is 0.488. The summed E-state index contributed by atoms with van der Waals surface area (Å²) >= 11 is 0. The van der Waals surface area contributed by atoms with E-state index in [4.69, 9.17) is 5.73 Å².